The first-order chi connectivity index (χ1) is 15.1. The molecule has 1 saturated heterocycles. The Balaban J connectivity index is 1.80. The number of likely N-dealkylation sites (tertiary alicyclic amines) is 1. The van der Waals surface area contributed by atoms with Crippen LogP contribution in [0, 0.1) is 0 Å². The number of rotatable bonds is 7. The minimum atomic E-state index is -0.730. The number of carbonyl (C=O) groups is 2. The van der Waals surface area contributed by atoms with Gasteiger partial charge in [-0.05, 0) is 36.2 Å². The van der Waals surface area contributed by atoms with Gasteiger partial charge in [-0.25, -0.2) is 0 Å². The van der Waals surface area contributed by atoms with E-state index in [1.54, 1.807) is 36.4 Å². The van der Waals surface area contributed by atoms with Crippen LogP contribution in [0.2, 0.25) is 0 Å². The first-order valence-electron chi connectivity index (χ1n) is 10.2. The van der Waals surface area contributed by atoms with E-state index >= 15 is 0 Å². The number of Topliss-reactive ketones (excluding diaryl/α,β-unsaturated/α-hetero) is 1. The largest absolute Gasteiger partial charge is 0.507 e. The molecule has 1 aliphatic rings. The van der Waals surface area contributed by atoms with Crippen LogP contribution in [0.3, 0.4) is 0 Å². The highest BCUT2D eigenvalue weighted by molar-refractivity contribution is 6.46. The van der Waals surface area contributed by atoms with E-state index in [4.69, 9.17) is 9.15 Å². The Labute approximate surface area is 180 Å². The lowest BCUT2D eigenvalue weighted by molar-refractivity contribution is -0.140. The van der Waals surface area contributed by atoms with Crippen LogP contribution in [0.5, 0.6) is 5.75 Å². The molecule has 2 aromatic carbocycles. The minimum Gasteiger partial charge on any atom is -0.507 e. The number of nitrogens with zero attached hydrogens (tertiary/aromatic N) is 1. The number of amides is 1. The lowest BCUT2D eigenvalue weighted by atomic mass is 9.95. The van der Waals surface area contributed by atoms with Crippen molar-refractivity contribution in [3.05, 3.63) is 95.5 Å². The predicted molar refractivity (Wildman–Crippen MR) is 115 cm³/mol. The van der Waals surface area contributed by atoms with Crippen LogP contribution in [0.25, 0.3) is 5.76 Å². The Morgan fingerprint density at radius 1 is 1.06 bits per heavy atom. The van der Waals surface area contributed by atoms with E-state index in [0.717, 1.165) is 12.0 Å². The molecular formula is C25H23NO5. The van der Waals surface area contributed by atoms with Crippen molar-refractivity contribution in [2.24, 2.45) is 0 Å². The standard InChI is InChI=1S/C25H23NO5/c1-2-13-30-19-11-6-10-18(15-19)23(27)21-22(17-8-4-3-5-9-17)26(25(29)24(21)28)16-20-12-7-14-31-20/h3-12,14-15,22,27H,2,13,16H2,1H3/b23-21-. The summed E-state index contributed by atoms with van der Waals surface area (Å²) in [7, 11) is 0. The molecule has 1 fully saturated rings. The van der Waals surface area contributed by atoms with E-state index < -0.39 is 17.7 Å². The first-order valence-corrected chi connectivity index (χ1v) is 10.2. The van der Waals surface area contributed by atoms with Crippen molar-refractivity contribution in [2.75, 3.05) is 6.61 Å². The summed E-state index contributed by atoms with van der Waals surface area (Å²) in [6.45, 7) is 2.67. The molecule has 1 atom stereocenters. The van der Waals surface area contributed by atoms with Crippen molar-refractivity contribution in [3.8, 4) is 5.75 Å². The molecule has 4 rings (SSSR count). The van der Waals surface area contributed by atoms with Crippen LogP contribution < -0.4 is 4.74 Å². The molecule has 0 spiro atoms. The van der Waals surface area contributed by atoms with E-state index in [9.17, 15) is 14.7 Å². The fourth-order valence-corrected chi connectivity index (χ4v) is 3.70. The molecule has 31 heavy (non-hydrogen) atoms. The molecule has 1 N–H and O–H groups in total. The number of ether oxygens (including phenoxy) is 1. The number of hydrogen-bond donors (Lipinski definition) is 1. The van der Waals surface area contributed by atoms with Crippen molar-refractivity contribution in [1.82, 2.24) is 4.90 Å². The molecule has 1 amide bonds. The molecule has 1 unspecified atom stereocenters. The van der Waals surface area contributed by atoms with Gasteiger partial charge in [0.05, 0.1) is 31.0 Å². The summed E-state index contributed by atoms with van der Waals surface area (Å²) in [5.74, 6) is -0.483. The number of benzene rings is 2. The van der Waals surface area contributed by atoms with Crippen molar-refractivity contribution in [3.63, 3.8) is 0 Å². The molecule has 0 radical (unpaired) electrons. The minimum absolute atomic E-state index is 0.0513. The van der Waals surface area contributed by atoms with Gasteiger partial charge in [-0.3, -0.25) is 9.59 Å². The molecular weight excluding hydrogens is 394 g/mol. The second-order valence-electron chi connectivity index (χ2n) is 7.29. The number of carbonyl (C=O) groups excluding carboxylic acids is 2. The van der Waals surface area contributed by atoms with Gasteiger partial charge in [0, 0.05) is 5.56 Å². The summed E-state index contributed by atoms with van der Waals surface area (Å²) in [4.78, 5) is 27.4. The molecule has 2 heterocycles. The molecule has 6 nitrogen and oxygen atoms in total. The van der Waals surface area contributed by atoms with Crippen molar-refractivity contribution in [1.29, 1.82) is 0 Å². The van der Waals surface area contributed by atoms with Crippen LogP contribution in [-0.4, -0.2) is 28.3 Å². The zero-order chi connectivity index (χ0) is 21.8. The van der Waals surface area contributed by atoms with E-state index in [1.165, 1.54) is 11.2 Å². The van der Waals surface area contributed by atoms with Crippen molar-refractivity contribution < 1.29 is 23.8 Å². The van der Waals surface area contributed by atoms with E-state index in [2.05, 4.69) is 0 Å². The fraction of sp³-hybridized carbons (Fsp3) is 0.200. The van der Waals surface area contributed by atoms with Gasteiger partial charge in [-0.15, -0.1) is 0 Å². The van der Waals surface area contributed by atoms with Gasteiger partial charge in [-0.1, -0.05) is 49.4 Å². The van der Waals surface area contributed by atoms with Gasteiger partial charge in [0.25, 0.3) is 11.7 Å². The Morgan fingerprint density at radius 2 is 1.87 bits per heavy atom. The smallest absolute Gasteiger partial charge is 0.296 e. The summed E-state index contributed by atoms with van der Waals surface area (Å²) < 4.78 is 11.0. The number of furan rings is 1. The maximum atomic E-state index is 13.0. The second-order valence-corrected chi connectivity index (χ2v) is 7.29. The van der Waals surface area contributed by atoms with Gasteiger partial charge in [0.2, 0.25) is 0 Å². The highest BCUT2D eigenvalue weighted by Crippen LogP contribution is 2.40. The fourth-order valence-electron chi connectivity index (χ4n) is 3.70. The number of hydrogen-bond acceptors (Lipinski definition) is 5. The molecule has 1 aliphatic heterocycles. The van der Waals surface area contributed by atoms with Crippen LogP contribution >= 0.6 is 0 Å². The van der Waals surface area contributed by atoms with Gasteiger partial charge in [0.1, 0.15) is 17.3 Å². The molecule has 0 saturated carbocycles. The zero-order valence-electron chi connectivity index (χ0n) is 17.2. The predicted octanol–water partition coefficient (Wildman–Crippen LogP) is 4.69. The number of aliphatic hydroxyl groups is 1. The molecule has 0 aliphatic carbocycles. The normalized spacial score (nSPS) is 17.8. The highest BCUT2D eigenvalue weighted by Gasteiger charge is 2.46. The average Bonchev–Trinajstić information content (AvgIpc) is 3.40. The molecule has 6 heteroatoms. The molecule has 3 aromatic rings. The monoisotopic (exact) mass is 417 g/mol. The summed E-state index contributed by atoms with van der Waals surface area (Å²) in [5.41, 5.74) is 1.20. The van der Waals surface area contributed by atoms with Crippen LogP contribution in [0.4, 0.5) is 0 Å². The van der Waals surface area contributed by atoms with Gasteiger partial charge < -0.3 is 19.2 Å². The molecule has 0 bridgehead atoms. The quantitative estimate of drug-likeness (QED) is 0.343. The van der Waals surface area contributed by atoms with Crippen LogP contribution in [0.1, 0.15) is 36.3 Å². The van der Waals surface area contributed by atoms with Crippen molar-refractivity contribution in [2.45, 2.75) is 25.9 Å². The van der Waals surface area contributed by atoms with E-state index in [0.29, 0.717) is 23.7 Å². The maximum absolute atomic E-state index is 13.0. The number of aliphatic hydroxyl groups excluding tert-OH is 1. The third kappa shape index (κ3) is 4.10. The SMILES string of the molecule is CCCOc1cccc(/C(O)=C2/C(=O)C(=O)N(Cc3ccco3)C2c2ccccc2)c1. The first kappa shape index (κ1) is 20.5. The third-order valence-electron chi connectivity index (χ3n) is 5.14. The Hall–Kier alpha value is -3.80. The average molecular weight is 417 g/mol. The number of ketones is 1. The highest BCUT2D eigenvalue weighted by atomic mass is 16.5. The molecule has 158 valence electrons. The lowest BCUT2D eigenvalue weighted by Gasteiger charge is -2.24. The summed E-state index contributed by atoms with van der Waals surface area (Å²) in [5, 5.41) is 11.1. The topological polar surface area (TPSA) is 80.0 Å². The van der Waals surface area contributed by atoms with Gasteiger partial charge in [-0.2, -0.15) is 0 Å². The Kier molecular flexibility index (Phi) is 5.89. The molecule has 1 aromatic heterocycles. The second kappa shape index (κ2) is 8.92. The lowest BCUT2D eigenvalue weighted by Crippen LogP contribution is -2.29. The van der Waals surface area contributed by atoms with E-state index in [-0.39, 0.29) is 17.9 Å². The van der Waals surface area contributed by atoms with Gasteiger partial charge >= 0.3 is 0 Å². The van der Waals surface area contributed by atoms with Crippen LogP contribution in [-0.2, 0) is 16.1 Å². The Bertz CT molecular complexity index is 1100. The third-order valence-corrected chi connectivity index (χ3v) is 5.14. The maximum Gasteiger partial charge on any atom is 0.296 e. The summed E-state index contributed by atoms with van der Waals surface area (Å²) >= 11 is 0. The summed E-state index contributed by atoms with van der Waals surface area (Å²) in [6, 6.07) is 18.8. The van der Waals surface area contributed by atoms with Gasteiger partial charge in [0.15, 0.2) is 0 Å². The van der Waals surface area contributed by atoms with E-state index in [1.807, 2.05) is 37.3 Å². The van der Waals surface area contributed by atoms with Crippen LogP contribution in [0.15, 0.2) is 83.0 Å². The zero-order valence-corrected chi connectivity index (χ0v) is 17.2. The Morgan fingerprint density at radius 3 is 2.58 bits per heavy atom. The van der Waals surface area contributed by atoms with Crippen molar-refractivity contribution >= 4 is 17.4 Å². The summed E-state index contributed by atoms with van der Waals surface area (Å²) in [6.07, 6.45) is 2.37.